The summed E-state index contributed by atoms with van der Waals surface area (Å²) in [6.07, 6.45) is 1.21. The van der Waals surface area contributed by atoms with Crippen LogP contribution in [0.15, 0.2) is 0 Å². The number of hydrogen-bond acceptors (Lipinski definition) is 4. The lowest BCUT2D eigenvalue weighted by atomic mass is 10.3. The molecular weight excluding hydrogens is 202 g/mol. The van der Waals surface area contributed by atoms with Gasteiger partial charge in [0, 0.05) is 28.2 Å². The summed E-state index contributed by atoms with van der Waals surface area (Å²) in [5.74, 6) is 0.136. The van der Waals surface area contributed by atoms with Crippen LogP contribution in [-0.2, 0) is 20.3 Å². The minimum atomic E-state index is -1.04. The summed E-state index contributed by atoms with van der Waals surface area (Å²) < 4.78 is 15.9. The molecule has 0 saturated heterocycles. The van der Waals surface area contributed by atoms with Crippen molar-refractivity contribution in [3.05, 3.63) is 0 Å². The van der Waals surface area contributed by atoms with Crippen LogP contribution in [0.25, 0.3) is 0 Å². The van der Waals surface area contributed by atoms with E-state index in [1.165, 1.54) is 7.11 Å². The van der Waals surface area contributed by atoms with E-state index < -0.39 is 10.8 Å². The van der Waals surface area contributed by atoms with E-state index in [4.69, 9.17) is 5.26 Å². The molecule has 0 heterocycles. The summed E-state index contributed by atoms with van der Waals surface area (Å²) in [4.78, 5) is 10.8. The van der Waals surface area contributed by atoms with Gasteiger partial charge in [-0.2, -0.15) is 5.26 Å². The Bertz CT molecular complexity index is 247. The molecule has 0 aromatic heterocycles. The molecule has 0 N–H and O–H groups in total. The Morgan fingerprint density at radius 3 is 2.79 bits per heavy atom. The fourth-order valence-corrected chi connectivity index (χ4v) is 2.06. The molecule has 14 heavy (non-hydrogen) atoms. The van der Waals surface area contributed by atoms with Gasteiger partial charge in [0.2, 0.25) is 0 Å². The zero-order valence-electron chi connectivity index (χ0n) is 8.49. The van der Waals surface area contributed by atoms with Crippen molar-refractivity contribution in [2.75, 3.05) is 12.9 Å². The predicted molar refractivity (Wildman–Crippen MR) is 54.0 cm³/mol. The van der Waals surface area contributed by atoms with E-state index in [0.29, 0.717) is 18.6 Å². The van der Waals surface area contributed by atoms with Crippen molar-refractivity contribution in [1.82, 2.24) is 0 Å². The van der Waals surface area contributed by atoms with Gasteiger partial charge >= 0.3 is 5.97 Å². The third-order valence-corrected chi connectivity index (χ3v) is 3.52. The minimum absolute atomic E-state index is 0.176. The van der Waals surface area contributed by atoms with E-state index >= 15 is 0 Å². The number of unbranched alkanes of at least 4 members (excludes halogenated alkanes) is 1. The zero-order chi connectivity index (χ0) is 11.0. The Labute approximate surface area is 86.7 Å². The Balaban J connectivity index is 3.77. The number of nitriles is 1. The summed E-state index contributed by atoms with van der Waals surface area (Å²) in [5.41, 5.74) is 0. The SMILES string of the molecule is COC(=O)CC(C)S(=O)CCCC#N. The quantitative estimate of drug-likeness (QED) is 0.491. The molecule has 0 fully saturated rings. The first-order valence-corrected chi connectivity index (χ1v) is 5.81. The summed E-state index contributed by atoms with van der Waals surface area (Å²) in [5, 5.41) is 8.08. The van der Waals surface area contributed by atoms with Crippen LogP contribution in [0.1, 0.15) is 26.2 Å². The largest absolute Gasteiger partial charge is 0.469 e. The number of esters is 1. The molecule has 2 unspecified atom stereocenters. The molecule has 0 radical (unpaired) electrons. The van der Waals surface area contributed by atoms with Crippen LogP contribution >= 0.6 is 0 Å². The lowest BCUT2D eigenvalue weighted by molar-refractivity contribution is -0.140. The third-order valence-electron chi connectivity index (χ3n) is 1.76. The van der Waals surface area contributed by atoms with Gasteiger partial charge in [0.15, 0.2) is 0 Å². The Kier molecular flexibility index (Phi) is 7.03. The molecule has 0 aromatic rings. The maximum Gasteiger partial charge on any atom is 0.306 e. The van der Waals surface area contributed by atoms with Gasteiger partial charge in [0.05, 0.1) is 19.6 Å². The van der Waals surface area contributed by atoms with E-state index in [2.05, 4.69) is 4.74 Å². The van der Waals surface area contributed by atoms with Crippen LogP contribution in [0.3, 0.4) is 0 Å². The molecule has 0 aromatic carbocycles. The van der Waals surface area contributed by atoms with Gasteiger partial charge in [-0.1, -0.05) is 6.92 Å². The van der Waals surface area contributed by atoms with Gasteiger partial charge in [-0.05, 0) is 6.42 Å². The van der Waals surface area contributed by atoms with E-state index in [-0.39, 0.29) is 17.6 Å². The molecule has 0 spiro atoms. The monoisotopic (exact) mass is 217 g/mol. The van der Waals surface area contributed by atoms with Crippen molar-refractivity contribution in [2.45, 2.75) is 31.4 Å². The van der Waals surface area contributed by atoms with Crippen molar-refractivity contribution in [2.24, 2.45) is 0 Å². The minimum Gasteiger partial charge on any atom is -0.469 e. The van der Waals surface area contributed by atoms with Gasteiger partial charge in [0.1, 0.15) is 0 Å². The maximum absolute atomic E-state index is 11.5. The Hall–Kier alpha value is -0.890. The van der Waals surface area contributed by atoms with E-state index in [9.17, 15) is 9.00 Å². The molecule has 0 saturated carbocycles. The maximum atomic E-state index is 11.5. The first-order chi connectivity index (χ1) is 6.61. The Morgan fingerprint density at radius 1 is 1.64 bits per heavy atom. The van der Waals surface area contributed by atoms with Crippen molar-refractivity contribution >= 4 is 16.8 Å². The lowest BCUT2D eigenvalue weighted by Gasteiger charge is -2.08. The van der Waals surface area contributed by atoms with E-state index in [1.807, 2.05) is 6.07 Å². The van der Waals surface area contributed by atoms with Crippen LogP contribution in [0, 0.1) is 11.3 Å². The number of carbonyl (C=O) groups is 1. The molecule has 0 aliphatic heterocycles. The van der Waals surface area contributed by atoms with Gasteiger partial charge in [-0.3, -0.25) is 9.00 Å². The van der Waals surface area contributed by atoms with Crippen molar-refractivity contribution in [3.63, 3.8) is 0 Å². The molecule has 0 rings (SSSR count). The van der Waals surface area contributed by atoms with Gasteiger partial charge in [0.25, 0.3) is 0 Å². The predicted octanol–water partition coefficient (Wildman–Crippen LogP) is 0.990. The standard InChI is InChI=1S/C9H15NO3S/c1-8(7-9(11)13-2)14(12)6-4-3-5-10/h8H,3-4,6-7H2,1-2H3. The average Bonchev–Trinajstić information content (AvgIpc) is 2.17. The van der Waals surface area contributed by atoms with Crippen LogP contribution in [0.2, 0.25) is 0 Å². The lowest BCUT2D eigenvalue weighted by Crippen LogP contribution is -2.19. The second-order valence-corrected chi connectivity index (χ2v) is 4.91. The zero-order valence-corrected chi connectivity index (χ0v) is 9.30. The van der Waals surface area contributed by atoms with Crippen molar-refractivity contribution < 1.29 is 13.7 Å². The van der Waals surface area contributed by atoms with Crippen LogP contribution in [0.5, 0.6) is 0 Å². The fraction of sp³-hybridized carbons (Fsp3) is 0.778. The molecule has 0 aliphatic rings. The Morgan fingerprint density at radius 2 is 2.29 bits per heavy atom. The number of ether oxygens (including phenoxy) is 1. The fourth-order valence-electron chi connectivity index (χ4n) is 0.906. The molecule has 4 nitrogen and oxygen atoms in total. The number of carbonyl (C=O) groups excluding carboxylic acids is 1. The molecular formula is C9H15NO3S. The molecule has 0 bridgehead atoms. The van der Waals surface area contributed by atoms with Crippen LogP contribution in [-0.4, -0.2) is 28.3 Å². The molecule has 0 amide bonds. The van der Waals surface area contributed by atoms with Crippen LogP contribution < -0.4 is 0 Å². The molecule has 0 aliphatic carbocycles. The van der Waals surface area contributed by atoms with Crippen molar-refractivity contribution in [1.29, 1.82) is 5.26 Å². The number of nitrogens with zero attached hydrogens (tertiary/aromatic N) is 1. The van der Waals surface area contributed by atoms with Gasteiger partial charge < -0.3 is 4.74 Å². The molecule has 2 atom stereocenters. The topological polar surface area (TPSA) is 67.2 Å². The highest BCUT2D eigenvalue weighted by Gasteiger charge is 2.15. The smallest absolute Gasteiger partial charge is 0.306 e. The summed E-state index contributed by atoms with van der Waals surface area (Å²) in [6, 6.07) is 1.99. The number of rotatable bonds is 6. The van der Waals surface area contributed by atoms with Gasteiger partial charge in [-0.15, -0.1) is 0 Å². The van der Waals surface area contributed by atoms with Crippen molar-refractivity contribution in [3.8, 4) is 6.07 Å². The second-order valence-electron chi connectivity index (χ2n) is 2.94. The van der Waals surface area contributed by atoms with E-state index in [1.54, 1.807) is 6.92 Å². The normalized spacial score (nSPS) is 14.1. The third kappa shape index (κ3) is 5.70. The second kappa shape index (κ2) is 7.51. The van der Waals surface area contributed by atoms with Crippen LogP contribution in [0.4, 0.5) is 0 Å². The van der Waals surface area contributed by atoms with Gasteiger partial charge in [-0.25, -0.2) is 0 Å². The average molecular weight is 217 g/mol. The molecule has 80 valence electrons. The summed E-state index contributed by atoms with van der Waals surface area (Å²) >= 11 is 0. The number of hydrogen-bond donors (Lipinski definition) is 0. The first kappa shape index (κ1) is 13.1. The highest BCUT2D eigenvalue weighted by atomic mass is 32.2. The molecule has 5 heteroatoms. The summed E-state index contributed by atoms with van der Waals surface area (Å²) in [6.45, 7) is 1.75. The first-order valence-electron chi connectivity index (χ1n) is 4.42. The van der Waals surface area contributed by atoms with E-state index in [0.717, 1.165) is 0 Å². The highest BCUT2D eigenvalue weighted by molar-refractivity contribution is 7.85. The number of methoxy groups -OCH3 is 1. The summed E-state index contributed by atoms with van der Waals surface area (Å²) in [7, 11) is 0.273. The highest BCUT2D eigenvalue weighted by Crippen LogP contribution is 2.05.